The molecule has 0 spiro atoms. The maximum absolute atomic E-state index is 12.3. The SMILES string of the molecule is CCC(CC(CC(C)(C)C(=O)OCCO)C(=O)O)C(=O)OC(C)(C)C. The molecule has 0 aromatic rings. The number of carbonyl (C=O) groups excluding carboxylic acids is 2. The molecule has 0 bridgehead atoms. The zero-order valence-electron chi connectivity index (χ0n) is 16.1. The summed E-state index contributed by atoms with van der Waals surface area (Å²) in [7, 11) is 0. The molecule has 2 unspecified atom stereocenters. The van der Waals surface area contributed by atoms with Crippen molar-refractivity contribution in [2.45, 2.75) is 66.4 Å². The van der Waals surface area contributed by atoms with E-state index in [0.29, 0.717) is 6.42 Å². The highest BCUT2D eigenvalue weighted by molar-refractivity contribution is 5.78. The zero-order valence-corrected chi connectivity index (χ0v) is 16.1. The Morgan fingerprint density at radius 1 is 1.04 bits per heavy atom. The first-order chi connectivity index (χ1) is 11.3. The van der Waals surface area contributed by atoms with E-state index in [1.807, 2.05) is 0 Å². The molecule has 0 aromatic heterocycles. The number of carboxylic acid groups (broad SMARTS) is 1. The van der Waals surface area contributed by atoms with Crippen LogP contribution in [0.15, 0.2) is 0 Å². The van der Waals surface area contributed by atoms with Crippen LogP contribution >= 0.6 is 0 Å². The molecule has 0 rings (SSSR count). The molecule has 7 heteroatoms. The predicted molar refractivity (Wildman–Crippen MR) is 91.8 cm³/mol. The number of aliphatic hydroxyl groups is 1. The summed E-state index contributed by atoms with van der Waals surface area (Å²) < 4.78 is 10.3. The van der Waals surface area contributed by atoms with Gasteiger partial charge in [-0.05, 0) is 53.9 Å². The Balaban J connectivity index is 5.07. The fourth-order valence-electron chi connectivity index (χ4n) is 2.46. The molecule has 25 heavy (non-hydrogen) atoms. The third-order valence-corrected chi connectivity index (χ3v) is 3.78. The molecule has 0 aliphatic rings. The number of ether oxygens (including phenoxy) is 2. The van der Waals surface area contributed by atoms with Crippen LogP contribution in [0.1, 0.15) is 60.8 Å². The molecule has 0 fully saturated rings. The molecule has 7 nitrogen and oxygen atoms in total. The first-order valence-corrected chi connectivity index (χ1v) is 8.57. The minimum Gasteiger partial charge on any atom is -0.481 e. The van der Waals surface area contributed by atoms with Crippen LogP contribution in [-0.4, -0.2) is 46.9 Å². The third-order valence-electron chi connectivity index (χ3n) is 3.78. The van der Waals surface area contributed by atoms with Gasteiger partial charge in [-0.25, -0.2) is 0 Å². The standard InChI is InChI=1S/C18H32O7/c1-7-12(15(22)25-17(2,3)4)10-13(14(20)21)11-18(5,6)16(23)24-9-8-19/h12-13,19H,7-11H2,1-6H3,(H,20,21). The van der Waals surface area contributed by atoms with Crippen LogP contribution in [0.25, 0.3) is 0 Å². The van der Waals surface area contributed by atoms with E-state index in [1.54, 1.807) is 41.5 Å². The van der Waals surface area contributed by atoms with Crippen molar-refractivity contribution < 1.29 is 34.1 Å². The number of aliphatic carboxylic acids is 1. The van der Waals surface area contributed by atoms with Gasteiger partial charge in [0.1, 0.15) is 12.2 Å². The highest BCUT2D eigenvalue weighted by Gasteiger charge is 2.37. The Morgan fingerprint density at radius 2 is 1.60 bits per heavy atom. The average molecular weight is 360 g/mol. The summed E-state index contributed by atoms with van der Waals surface area (Å²) in [6.07, 6.45) is 0.581. The van der Waals surface area contributed by atoms with Gasteiger partial charge in [0.2, 0.25) is 0 Å². The molecular formula is C18H32O7. The highest BCUT2D eigenvalue weighted by Crippen LogP contribution is 2.32. The van der Waals surface area contributed by atoms with E-state index < -0.39 is 40.8 Å². The summed E-state index contributed by atoms with van der Waals surface area (Å²) in [5, 5.41) is 18.2. The van der Waals surface area contributed by atoms with Gasteiger partial charge >= 0.3 is 17.9 Å². The Labute approximate surface area is 149 Å². The Hall–Kier alpha value is -1.63. The van der Waals surface area contributed by atoms with Gasteiger partial charge in [0.05, 0.1) is 23.9 Å². The quantitative estimate of drug-likeness (QED) is 0.576. The van der Waals surface area contributed by atoms with E-state index in [0.717, 1.165) is 0 Å². The summed E-state index contributed by atoms with van der Waals surface area (Å²) in [6.45, 7) is 9.84. The molecule has 0 saturated carbocycles. The molecule has 0 aromatic carbocycles. The molecule has 0 aliphatic heterocycles. The zero-order chi connectivity index (χ0) is 19.8. The number of carboxylic acids is 1. The van der Waals surface area contributed by atoms with Crippen LogP contribution < -0.4 is 0 Å². The van der Waals surface area contributed by atoms with Gasteiger partial charge in [0.25, 0.3) is 0 Å². The van der Waals surface area contributed by atoms with Crippen molar-refractivity contribution in [1.29, 1.82) is 0 Å². The fourth-order valence-corrected chi connectivity index (χ4v) is 2.46. The second-order valence-corrected chi connectivity index (χ2v) is 7.86. The van der Waals surface area contributed by atoms with Crippen LogP contribution in [0.3, 0.4) is 0 Å². The summed E-state index contributed by atoms with van der Waals surface area (Å²) in [4.78, 5) is 35.9. The van der Waals surface area contributed by atoms with Gasteiger partial charge < -0.3 is 19.7 Å². The first kappa shape index (κ1) is 23.4. The number of rotatable bonds is 10. The van der Waals surface area contributed by atoms with Gasteiger partial charge in [-0.1, -0.05) is 6.92 Å². The summed E-state index contributed by atoms with van der Waals surface area (Å²) in [5.41, 5.74) is -1.68. The maximum Gasteiger partial charge on any atom is 0.311 e. The topological polar surface area (TPSA) is 110 Å². The van der Waals surface area contributed by atoms with Crippen LogP contribution in [0.4, 0.5) is 0 Å². The Bertz CT molecular complexity index is 463. The molecule has 0 aliphatic carbocycles. The maximum atomic E-state index is 12.3. The van der Waals surface area contributed by atoms with Gasteiger partial charge in [0, 0.05) is 0 Å². The van der Waals surface area contributed by atoms with Gasteiger partial charge in [-0.3, -0.25) is 14.4 Å². The van der Waals surface area contributed by atoms with Crippen molar-refractivity contribution >= 4 is 17.9 Å². The van der Waals surface area contributed by atoms with Crippen molar-refractivity contribution in [1.82, 2.24) is 0 Å². The van der Waals surface area contributed by atoms with Gasteiger partial charge in [-0.15, -0.1) is 0 Å². The second-order valence-electron chi connectivity index (χ2n) is 7.86. The van der Waals surface area contributed by atoms with Gasteiger partial charge in [0.15, 0.2) is 0 Å². The minimum absolute atomic E-state index is 0.0336. The third kappa shape index (κ3) is 8.86. The molecule has 2 atom stereocenters. The van der Waals surface area contributed by atoms with E-state index in [9.17, 15) is 19.5 Å². The van der Waals surface area contributed by atoms with E-state index in [1.165, 1.54) is 0 Å². The summed E-state index contributed by atoms with van der Waals surface area (Å²) in [5.74, 6) is -3.50. The Morgan fingerprint density at radius 3 is 2.00 bits per heavy atom. The Kier molecular flexibility index (Phi) is 9.11. The van der Waals surface area contributed by atoms with Crippen molar-refractivity contribution in [3.05, 3.63) is 0 Å². The number of hydrogen-bond acceptors (Lipinski definition) is 6. The smallest absolute Gasteiger partial charge is 0.311 e. The van der Waals surface area contributed by atoms with Crippen molar-refractivity contribution in [3.8, 4) is 0 Å². The van der Waals surface area contributed by atoms with E-state index in [-0.39, 0.29) is 26.1 Å². The van der Waals surface area contributed by atoms with Crippen LogP contribution in [0.2, 0.25) is 0 Å². The molecular weight excluding hydrogens is 328 g/mol. The summed E-state index contributed by atoms with van der Waals surface area (Å²) >= 11 is 0. The van der Waals surface area contributed by atoms with E-state index >= 15 is 0 Å². The van der Waals surface area contributed by atoms with Crippen LogP contribution in [0.5, 0.6) is 0 Å². The lowest BCUT2D eigenvalue weighted by atomic mass is 9.78. The predicted octanol–water partition coefficient (Wildman–Crippen LogP) is 2.40. The normalized spacial score (nSPS) is 14.5. The lowest BCUT2D eigenvalue weighted by Crippen LogP contribution is -2.35. The van der Waals surface area contributed by atoms with Gasteiger partial charge in [-0.2, -0.15) is 0 Å². The fraction of sp³-hybridized carbons (Fsp3) is 0.833. The molecule has 2 N–H and O–H groups in total. The lowest BCUT2D eigenvalue weighted by molar-refractivity contribution is -0.162. The highest BCUT2D eigenvalue weighted by atomic mass is 16.6. The number of esters is 2. The molecule has 146 valence electrons. The van der Waals surface area contributed by atoms with Crippen LogP contribution in [0, 0.1) is 17.3 Å². The van der Waals surface area contributed by atoms with Crippen LogP contribution in [-0.2, 0) is 23.9 Å². The second kappa shape index (κ2) is 9.75. The molecule has 0 heterocycles. The van der Waals surface area contributed by atoms with E-state index in [2.05, 4.69) is 0 Å². The lowest BCUT2D eigenvalue weighted by Gasteiger charge is -2.28. The first-order valence-electron chi connectivity index (χ1n) is 8.57. The van der Waals surface area contributed by atoms with E-state index in [4.69, 9.17) is 14.6 Å². The molecule has 0 amide bonds. The molecule has 0 radical (unpaired) electrons. The monoisotopic (exact) mass is 360 g/mol. The summed E-state index contributed by atoms with van der Waals surface area (Å²) in [6, 6.07) is 0. The minimum atomic E-state index is -1.06. The van der Waals surface area contributed by atoms with Crippen molar-refractivity contribution in [2.24, 2.45) is 17.3 Å². The number of aliphatic hydroxyl groups excluding tert-OH is 1. The number of carbonyl (C=O) groups is 3. The average Bonchev–Trinajstić information content (AvgIpc) is 2.46. The molecule has 0 saturated heterocycles. The number of hydrogen-bond donors (Lipinski definition) is 2. The largest absolute Gasteiger partial charge is 0.481 e. The van der Waals surface area contributed by atoms with Crippen molar-refractivity contribution in [3.63, 3.8) is 0 Å². The van der Waals surface area contributed by atoms with Crippen molar-refractivity contribution in [2.75, 3.05) is 13.2 Å².